The van der Waals surface area contributed by atoms with Gasteiger partial charge in [0.25, 0.3) is 0 Å². The van der Waals surface area contributed by atoms with E-state index in [0.29, 0.717) is 5.92 Å². The third-order valence-corrected chi connectivity index (χ3v) is 6.50. The summed E-state index contributed by atoms with van der Waals surface area (Å²) in [6.07, 6.45) is 4.55. The van der Waals surface area contributed by atoms with Gasteiger partial charge in [-0.3, -0.25) is 16.0 Å². The summed E-state index contributed by atoms with van der Waals surface area (Å²) in [5.74, 6) is 6.39. The second-order valence-electron chi connectivity index (χ2n) is 5.74. The maximum absolute atomic E-state index is 5.89. The standard InChI is InChI=1S/C15H21BrN4S/c1-9-15(16)13(20(2)19-9)8-12(18-17)10-4-3-5-14-11(10)6-7-21-14/h6-7,10,12,18H,3-5,8,17H2,1-2H3. The van der Waals surface area contributed by atoms with E-state index in [-0.39, 0.29) is 6.04 Å². The minimum absolute atomic E-state index is 0.241. The molecule has 2 unspecified atom stereocenters. The summed E-state index contributed by atoms with van der Waals surface area (Å²) in [6.45, 7) is 2.02. The lowest BCUT2D eigenvalue weighted by Crippen LogP contribution is -2.42. The predicted octanol–water partition coefficient (Wildman–Crippen LogP) is 3.05. The lowest BCUT2D eigenvalue weighted by Gasteiger charge is -2.30. The number of nitrogens with zero attached hydrogens (tertiary/aromatic N) is 2. The smallest absolute Gasteiger partial charge is 0.0738 e. The van der Waals surface area contributed by atoms with Gasteiger partial charge in [0.15, 0.2) is 0 Å². The molecule has 2 aromatic heterocycles. The van der Waals surface area contributed by atoms with E-state index in [0.717, 1.165) is 16.6 Å². The van der Waals surface area contributed by atoms with Gasteiger partial charge >= 0.3 is 0 Å². The van der Waals surface area contributed by atoms with Gasteiger partial charge in [-0.05, 0) is 59.1 Å². The first kappa shape index (κ1) is 15.2. The molecule has 3 rings (SSSR count). The minimum Gasteiger partial charge on any atom is -0.271 e. The highest BCUT2D eigenvalue weighted by Crippen LogP contribution is 2.38. The molecule has 4 nitrogen and oxygen atoms in total. The van der Waals surface area contributed by atoms with Gasteiger partial charge in [-0.2, -0.15) is 5.10 Å². The summed E-state index contributed by atoms with van der Waals surface area (Å²) in [5, 5.41) is 6.69. The highest BCUT2D eigenvalue weighted by atomic mass is 79.9. The van der Waals surface area contributed by atoms with Gasteiger partial charge in [-0.15, -0.1) is 11.3 Å². The van der Waals surface area contributed by atoms with Crippen LogP contribution in [0.2, 0.25) is 0 Å². The number of hydrogen-bond donors (Lipinski definition) is 2. The molecule has 2 atom stereocenters. The van der Waals surface area contributed by atoms with Crippen molar-refractivity contribution in [3.05, 3.63) is 37.7 Å². The van der Waals surface area contributed by atoms with E-state index in [9.17, 15) is 0 Å². The Morgan fingerprint density at radius 2 is 2.43 bits per heavy atom. The summed E-state index contributed by atoms with van der Waals surface area (Å²) in [5.41, 5.74) is 6.78. The third kappa shape index (κ3) is 2.82. The van der Waals surface area contributed by atoms with E-state index in [4.69, 9.17) is 5.84 Å². The molecule has 0 radical (unpaired) electrons. The van der Waals surface area contributed by atoms with Crippen LogP contribution in [0.1, 0.15) is 40.6 Å². The van der Waals surface area contributed by atoms with Crippen molar-refractivity contribution >= 4 is 27.3 Å². The molecule has 0 spiro atoms. The topological polar surface area (TPSA) is 55.9 Å². The maximum Gasteiger partial charge on any atom is 0.0738 e. The van der Waals surface area contributed by atoms with E-state index < -0.39 is 0 Å². The minimum atomic E-state index is 0.241. The quantitative estimate of drug-likeness (QED) is 0.643. The summed E-state index contributed by atoms with van der Waals surface area (Å²) < 4.78 is 3.06. The lowest BCUT2D eigenvalue weighted by molar-refractivity contribution is 0.390. The molecule has 114 valence electrons. The number of nitrogens with one attached hydrogen (secondary N) is 1. The zero-order valence-corrected chi connectivity index (χ0v) is 14.8. The van der Waals surface area contributed by atoms with E-state index in [1.807, 2.05) is 30.0 Å². The fourth-order valence-corrected chi connectivity index (χ4v) is 4.86. The molecular weight excluding hydrogens is 348 g/mol. The summed E-state index contributed by atoms with van der Waals surface area (Å²) >= 11 is 5.54. The van der Waals surface area contributed by atoms with Crippen LogP contribution in [0.3, 0.4) is 0 Å². The monoisotopic (exact) mass is 368 g/mol. The number of fused-ring (bicyclic) bond motifs is 1. The number of aromatic nitrogens is 2. The van der Waals surface area contributed by atoms with Crippen molar-refractivity contribution in [2.75, 3.05) is 0 Å². The van der Waals surface area contributed by atoms with Gasteiger partial charge in [0.1, 0.15) is 0 Å². The Morgan fingerprint density at radius 3 is 3.10 bits per heavy atom. The van der Waals surface area contributed by atoms with Crippen LogP contribution in [0.4, 0.5) is 0 Å². The van der Waals surface area contributed by atoms with Crippen LogP contribution in [-0.2, 0) is 19.9 Å². The average molecular weight is 369 g/mol. The predicted molar refractivity (Wildman–Crippen MR) is 90.5 cm³/mol. The van der Waals surface area contributed by atoms with Gasteiger partial charge in [0.2, 0.25) is 0 Å². The van der Waals surface area contributed by atoms with Crippen LogP contribution >= 0.6 is 27.3 Å². The first-order chi connectivity index (χ1) is 10.1. The van der Waals surface area contributed by atoms with Crippen molar-refractivity contribution in [3.8, 4) is 0 Å². The zero-order valence-electron chi connectivity index (χ0n) is 12.4. The van der Waals surface area contributed by atoms with Crippen LogP contribution in [0.5, 0.6) is 0 Å². The summed E-state index contributed by atoms with van der Waals surface area (Å²) in [6, 6.07) is 2.52. The Kier molecular flexibility index (Phi) is 4.49. The average Bonchev–Trinajstić information content (AvgIpc) is 3.04. The molecular formula is C15H21BrN4S. The second-order valence-corrected chi connectivity index (χ2v) is 7.54. The molecule has 2 aromatic rings. The first-order valence-electron chi connectivity index (χ1n) is 7.32. The van der Waals surface area contributed by atoms with E-state index >= 15 is 0 Å². The van der Waals surface area contributed by atoms with Crippen molar-refractivity contribution in [1.82, 2.24) is 15.2 Å². The van der Waals surface area contributed by atoms with Crippen LogP contribution in [0.25, 0.3) is 0 Å². The maximum atomic E-state index is 5.89. The van der Waals surface area contributed by atoms with Crippen LogP contribution in [-0.4, -0.2) is 15.8 Å². The van der Waals surface area contributed by atoms with Crippen LogP contribution < -0.4 is 11.3 Å². The first-order valence-corrected chi connectivity index (χ1v) is 8.99. The Morgan fingerprint density at radius 1 is 1.62 bits per heavy atom. The van der Waals surface area contributed by atoms with Crippen molar-refractivity contribution in [2.24, 2.45) is 12.9 Å². The molecule has 0 aliphatic heterocycles. The molecule has 3 N–H and O–H groups in total. The number of rotatable bonds is 4. The van der Waals surface area contributed by atoms with Crippen molar-refractivity contribution in [3.63, 3.8) is 0 Å². The van der Waals surface area contributed by atoms with Crippen molar-refractivity contribution in [2.45, 2.75) is 44.6 Å². The molecule has 1 aliphatic carbocycles. The van der Waals surface area contributed by atoms with Gasteiger partial charge in [0.05, 0.1) is 15.9 Å². The molecule has 0 fully saturated rings. The van der Waals surface area contributed by atoms with E-state index in [1.165, 1.54) is 35.4 Å². The molecule has 0 saturated heterocycles. The van der Waals surface area contributed by atoms with Gasteiger partial charge in [-0.1, -0.05) is 0 Å². The van der Waals surface area contributed by atoms with Gasteiger partial charge in [-0.25, -0.2) is 0 Å². The molecule has 0 bridgehead atoms. The van der Waals surface area contributed by atoms with Crippen LogP contribution in [0.15, 0.2) is 15.9 Å². The SMILES string of the molecule is Cc1nn(C)c(CC(NN)C2CCCc3sccc32)c1Br. The number of nitrogens with two attached hydrogens (primary N) is 1. The Hall–Kier alpha value is -0.690. The summed E-state index contributed by atoms with van der Waals surface area (Å²) in [7, 11) is 2.00. The molecule has 2 heterocycles. The zero-order chi connectivity index (χ0) is 15.0. The largest absolute Gasteiger partial charge is 0.271 e. The fraction of sp³-hybridized carbons (Fsp3) is 0.533. The Balaban J connectivity index is 1.87. The van der Waals surface area contributed by atoms with Crippen molar-refractivity contribution < 1.29 is 0 Å². The highest BCUT2D eigenvalue weighted by molar-refractivity contribution is 9.10. The number of hydrazine groups is 1. The fourth-order valence-electron chi connectivity index (χ4n) is 3.37. The Labute approximate surface area is 137 Å². The Bertz CT molecular complexity index is 634. The van der Waals surface area contributed by atoms with E-state index in [2.05, 4.69) is 37.9 Å². The number of aryl methyl sites for hydroxylation is 3. The van der Waals surface area contributed by atoms with Gasteiger partial charge < -0.3 is 0 Å². The molecule has 0 amide bonds. The number of hydrogen-bond acceptors (Lipinski definition) is 4. The number of halogens is 1. The van der Waals surface area contributed by atoms with Crippen molar-refractivity contribution in [1.29, 1.82) is 0 Å². The number of thiophene rings is 1. The highest BCUT2D eigenvalue weighted by Gasteiger charge is 2.29. The second kappa shape index (κ2) is 6.20. The van der Waals surface area contributed by atoms with Crippen LogP contribution in [0, 0.1) is 6.92 Å². The molecule has 0 aromatic carbocycles. The molecule has 21 heavy (non-hydrogen) atoms. The third-order valence-electron chi connectivity index (χ3n) is 4.47. The molecule has 0 saturated carbocycles. The molecule has 1 aliphatic rings. The van der Waals surface area contributed by atoms with Gasteiger partial charge in [0, 0.05) is 30.3 Å². The lowest BCUT2D eigenvalue weighted by atomic mass is 9.81. The normalized spacial score (nSPS) is 19.5. The van der Waals surface area contributed by atoms with E-state index in [1.54, 1.807) is 0 Å². The summed E-state index contributed by atoms with van der Waals surface area (Å²) in [4.78, 5) is 1.53. The molecule has 6 heteroatoms.